The van der Waals surface area contributed by atoms with E-state index >= 15 is 0 Å². The van der Waals surface area contributed by atoms with E-state index < -0.39 is 46.7 Å². The Bertz CT molecular complexity index is 1290. The Labute approximate surface area is 263 Å². The monoisotopic (exact) mass is 608 g/mol. The van der Waals surface area contributed by atoms with Gasteiger partial charge in [0.25, 0.3) is 0 Å². The first-order chi connectivity index (χ1) is 20.4. The van der Waals surface area contributed by atoms with Gasteiger partial charge in [-0.1, -0.05) is 54.6 Å². The first-order valence-corrected chi connectivity index (χ1v) is 16.0. The van der Waals surface area contributed by atoms with E-state index in [1.165, 1.54) is 0 Å². The van der Waals surface area contributed by atoms with Crippen molar-refractivity contribution in [3.63, 3.8) is 0 Å². The second-order valence-electron chi connectivity index (χ2n) is 14.9. The van der Waals surface area contributed by atoms with Gasteiger partial charge >= 0.3 is 12.2 Å². The minimum atomic E-state index is -1.31. The molecule has 2 aromatic carbocycles. The highest BCUT2D eigenvalue weighted by Crippen LogP contribution is 2.41. The van der Waals surface area contributed by atoms with Gasteiger partial charge in [0.2, 0.25) is 0 Å². The number of hydrogen-bond donors (Lipinski definition) is 2. The fourth-order valence-corrected chi connectivity index (χ4v) is 6.67. The minimum Gasteiger partial charge on any atom is -0.444 e. The van der Waals surface area contributed by atoms with Gasteiger partial charge in [-0.2, -0.15) is 0 Å². The fraction of sp³-hybridized carbons (Fsp3) is 0.611. The van der Waals surface area contributed by atoms with Gasteiger partial charge in [-0.25, -0.2) is 9.59 Å². The van der Waals surface area contributed by atoms with Crippen LogP contribution < -0.4 is 0 Å². The summed E-state index contributed by atoms with van der Waals surface area (Å²) in [5.74, 6) is -0.0330. The number of nitrogens with zero attached hydrogens (tertiary/aromatic N) is 2. The molecule has 2 N–H and O–H groups in total. The summed E-state index contributed by atoms with van der Waals surface area (Å²) < 4.78 is 11.5. The Balaban J connectivity index is 1.62. The van der Waals surface area contributed by atoms with Gasteiger partial charge in [0, 0.05) is 19.0 Å². The number of amides is 2. The molecule has 2 amide bonds. The van der Waals surface area contributed by atoms with E-state index in [1.54, 1.807) is 23.6 Å². The summed E-state index contributed by atoms with van der Waals surface area (Å²) >= 11 is 0. The van der Waals surface area contributed by atoms with Crippen LogP contribution in [-0.4, -0.2) is 68.6 Å². The predicted molar refractivity (Wildman–Crippen MR) is 171 cm³/mol. The van der Waals surface area contributed by atoms with Crippen molar-refractivity contribution in [1.82, 2.24) is 9.80 Å². The number of benzene rings is 2. The third kappa shape index (κ3) is 7.75. The fourth-order valence-electron chi connectivity index (χ4n) is 6.67. The number of piperidine rings is 2. The first kappa shape index (κ1) is 33.8. The zero-order chi connectivity index (χ0) is 32.5. The molecule has 1 unspecified atom stereocenters. The zero-order valence-corrected chi connectivity index (χ0v) is 27.8. The lowest BCUT2D eigenvalue weighted by atomic mass is 9.77. The molecule has 0 aromatic heterocycles. The van der Waals surface area contributed by atoms with Crippen LogP contribution >= 0.6 is 0 Å². The highest BCUT2D eigenvalue weighted by Gasteiger charge is 2.46. The van der Waals surface area contributed by atoms with Crippen molar-refractivity contribution in [2.75, 3.05) is 13.1 Å². The second kappa shape index (κ2) is 12.7. The third-order valence-corrected chi connectivity index (χ3v) is 8.94. The van der Waals surface area contributed by atoms with Crippen molar-refractivity contribution in [3.05, 3.63) is 71.3 Å². The number of hydrogen-bond acceptors (Lipinski definition) is 6. The lowest BCUT2D eigenvalue weighted by molar-refractivity contribution is -0.0659. The first-order valence-electron chi connectivity index (χ1n) is 16.0. The summed E-state index contributed by atoms with van der Waals surface area (Å²) in [6.45, 7) is 15.5. The second-order valence-corrected chi connectivity index (χ2v) is 14.9. The van der Waals surface area contributed by atoms with E-state index in [9.17, 15) is 19.8 Å². The summed E-state index contributed by atoms with van der Waals surface area (Å²) in [5.41, 5.74) is -1.45. The van der Waals surface area contributed by atoms with Crippen LogP contribution in [0.5, 0.6) is 0 Å². The Hall–Kier alpha value is -3.10. The predicted octanol–water partition coefficient (Wildman–Crippen LogP) is 7.07. The molecule has 0 spiro atoms. The standard InChI is InChI=1S/C36H52N2O6/c1-33(2,3)43-31(39)37-22-13-12-19-29(37)36(8,42)28-18-14-15-25(23-28)26-20-21-30(35(7,41)27-16-10-9-11-17-27)38(24-26)32(40)44-34(4,5)6/h9-11,14-18,23,26,29-30,41-42H,12-13,19-22,24H2,1-8H3/t26?,29-,30-,35+,36-/m0/s1. The van der Waals surface area contributed by atoms with Crippen molar-refractivity contribution >= 4 is 12.2 Å². The van der Waals surface area contributed by atoms with Crippen LogP contribution in [0.15, 0.2) is 54.6 Å². The third-order valence-electron chi connectivity index (χ3n) is 8.94. The lowest BCUT2D eigenvalue weighted by Crippen LogP contribution is -2.56. The number of carbonyl (C=O) groups excluding carboxylic acids is 2. The molecule has 8 nitrogen and oxygen atoms in total. The van der Waals surface area contributed by atoms with E-state index in [-0.39, 0.29) is 5.92 Å². The van der Waals surface area contributed by atoms with Gasteiger partial charge in [-0.15, -0.1) is 0 Å². The smallest absolute Gasteiger partial charge is 0.410 e. The summed E-state index contributed by atoms with van der Waals surface area (Å²) in [5, 5.41) is 23.8. The Morgan fingerprint density at radius 1 is 0.682 bits per heavy atom. The summed E-state index contributed by atoms with van der Waals surface area (Å²) in [6.07, 6.45) is 2.89. The average molecular weight is 609 g/mol. The maximum absolute atomic E-state index is 13.6. The normalized spacial score (nSPS) is 24.2. The number of ether oxygens (including phenoxy) is 2. The van der Waals surface area contributed by atoms with Crippen molar-refractivity contribution in [2.24, 2.45) is 0 Å². The van der Waals surface area contributed by atoms with Gasteiger partial charge in [-0.05, 0) is 104 Å². The summed E-state index contributed by atoms with van der Waals surface area (Å²) in [4.78, 5) is 30.1. The van der Waals surface area contributed by atoms with Crippen LogP contribution in [0.4, 0.5) is 9.59 Å². The summed E-state index contributed by atoms with van der Waals surface area (Å²) in [6, 6.07) is 16.4. The van der Waals surface area contributed by atoms with E-state index in [2.05, 4.69) is 0 Å². The molecule has 0 saturated carbocycles. The van der Waals surface area contributed by atoms with Crippen molar-refractivity contribution in [2.45, 2.75) is 128 Å². The van der Waals surface area contributed by atoms with Crippen LogP contribution in [0.3, 0.4) is 0 Å². The van der Waals surface area contributed by atoms with E-state index in [0.29, 0.717) is 25.9 Å². The molecule has 5 atom stereocenters. The van der Waals surface area contributed by atoms with Crippen LogP contribution in [0, 0.1) is 0 Å². The molecule has 0 radical (unpaired) electrons. The van der Waals surface area contributed by atoms with Crippen LogP contribution in [0.1, 0.15) is 110 Å². The maximum atomic E-state index is 13.6. The molecule has 2 aliphatic rings. The van der Waals surface area contributed by atoms with Gasteiger partial charge in [0.15, 0.2) is 0 Å². The SMILES string of the molecule is CC(C)(C)OC(=O)N1CCCC[C@H]1[C@@](C)(O)c1cccc(C2CC[C@@H]([C@](C)(O)c3ccccc3)N(C(=O)OC(C)(C)C)C2)c1. The van der Waals surface area contributed by atoms with Crippen LogP contribution in [0.25, 0.3) is 0 Å². The van der Waals surface area contributed by atoms with E-state index in [1.807, 2.05) is 96.1 Å². The molecule has 2 saturated heterocycles. The molecule has 2 aromatic rings. The average Bonchev–Trinajstić information content (AvgIpc) is 2.95. The molecule has 2 fully saturated rings. The molecule has 2 aliphatic heterocycles. The van der Waals surface area contributed by atoms with E-state index in [0.717, 1.165) is 36.0 Å². The lowest BCUT2D eigenvalue weighted by Gasteiger charge is -2.47. The molecule has 4 rings (SSSR count). The summed E-state index contributed by atoms with van der Waals surface area (Å²) in [7, 11) is 0. The molecule has 242 valence electrons. The topological polar surface area (TPSA) is 99.5 Å². The number of likely N-dealkylation sites (tertiary alicyclic amines) is 2. The van der Waals surface area contributed by atoms with Gasteiger partial charge in [-0.3, -0.25) is 0 Å². The van der Waals surface area contributed by atoms with Crippen LogP contribution in [-0.2, 0) is 20.7 Å². The molecular formula is C36H52N2O6. The highest BCUT2D eigenvalue weighted by atomic mass is 16.6. The molecular weight excluding hydrogens is 556 g/mol. The maximum Gasteiger partial charge on any atom is 0.410 e. The number of carbonyl (C=O) groups is 2. The van der Waals surface area contributed by atoms with Crippen LogP contribution in [0.2, 0.25) is 0 Å². The number of aliphatic hydroxyl groups is 2. The van der Waals surface area contributed by atoms with Crippen molar-refractivity contribution in [1.29, 1.82) is 0 Å². The quantitative estimate of drug-likeness (QED) is 0.377. The Morgan fingerprint density at radius 2 is 1.23 bits per heavy atom. The Morgan fingerprint density at radius 3 is 1.84 bits per heavy atom. The molecule has 0 aliphatic carbocycles. The molecule has 2 heterocycles. The van der Waals surface area contributed by atoms with Gasteiger partial charge in [0.05, 0.1) is 12.1 Å². The van der Waals surface area contributed by atoms with E-state index in [4.69, 9.17) is 9.47 Å². The van der Waals surface area contributed by atoms with Gasteiger partial charge < -0.3 is 29.5 Å². The number of rotatable bonds is 5. The molecule has 0 bridgehead atoms. The highest BCUT2D eigenvalue weighted by molar-refractivity contribution is 5.70. The largest absolute Gasteiger partial charge is 0.444 e. The van der Waals surface area contributed by atoms with Crippen molar-refractivity contribution in [3.8, 4) is 0 Å². The van der Waals surface area contributed by atoms with Gasteiger partial charge in [0.1, 0.15) is 22.4 Å². The van der Waals surface area contributed by atoms with Crippen molar-refractivity contribution < 1.29 is 29.3 Å². The molecule has 44 heavy (non-hydrogen) atoms. The molecule has 8 heteroatoms. The zero-order valence-electron chi connectivity index (χ0n) is 27.8. The minimum absolute atomic E-state index is 0.0330. The Kier molecular flexibility index (Phi) is 9.77.